The van der Waals surface area contributed by atoms with Gasteiger partial charge in [-0.25, -0.2) is 0 Å². The zero-order valence-corrected chi connectivity index (χ0v) is 8.23. The molecule has 0 spiro atoms. The van der Waals surface area contributed by atoms with E-state index in [4.69, 9.17) is 0 Å². The minimum absolute atomic E-state index is 0.799. The SMILES string of the molecule is CC1CNCCC1c1ccsc1. The molecule has 0 radical (unpaired) electrons. The molecule has 66 valence electrons. The molecule has 1 aliphatic rings. The van der Waals surface area contributed by atoms with Crippen molar-refractivity contribution >= 4 is 11.3 Å². The van der Waals surface area contributed by atoms with E-state index in [1.165, 1.54) is 19.5 Å². The maximum Gasteiger partial charge on any atom is -0.00173 e. The van der Waals surface area contributed by atoms with Crippen LogP contribution < -0.4 is 5.32 Å². The van der Waals surface area contributed by atoms with Crippen molar-refractivity contribution in [3.05, 3.63) is 22.4 Å². The molecule has 0 aliphatic carbocycles. The van der Waals surface area contributed by atoms with E-state index in [1.807, 2.05) is 11.3 Å². The van der Waals surface area contributed by atoms with E-state index in [2.05, 4.69) is 29.1 Å². The molecule has 1 saturated heterocycles. The molecule has 0 amide bonds. The van der Waals surface area contributed by atoms with Crippen molar-refractivity contribution in [3.63, 3.8) is 0 Å². The zero-order valence-electron chi connectivity index (χ0n) is 7.42. The van der Waals surface area contributed by atoms with Gasteiger partial charge in [-0.2, -0.15) is 11.3 Å². The van der Waals surface area contributed by atoms with Gasteiger partial charge in [-0.1, -0.05) is 6.92 Å². The molecule has 0 bridgehead atoms. The predicted octanol–water partition coefficient (Wildman–Crippen LogP) is 2.46. The molecule has 2 heteroatoms. The second-order valence-corrected chi connectivity index (χ2v) is 4.41. The third-order valence-corrected chi connectivity index (χ3v) is 3.46. The first-order valence-corrected chi connectivity index (χ1v) is 5.55. The van der Waals surface area contributed by atoms with Gasteiger partial charge in [-0.05, 0) is 53.7 Å². The Balaban J connectivity index is 2.11. The lowest BCUT2D eigenvalue weighted by atomic mass is 9.84. The minimum Gasteiger partial charge on any atom is -0.316 e. The maximum absolute atomic E-state index is 3.43. The summed E-state index contributed by atoms with van der Waals surface area (Å²) in [5.74, 6) is 1.60. The summed E-state index contributed by atoms with van der Waals surface area (Å²) in [5.41, 5.74) is 1.55. The van der Waals surface area contributed by atoms with Gasteiger partial charge in [0.25, 0.3) is 0 Å². The van der Waals surface area contributed by atoms with Gasteiger partial charge in [0, 0.05) is 0 Å². The van der Waals surface area contributed by atoms with Gasteiger partial charge in [0.15, 0.2) is 0 Å². The minimum atomic E-state index is 0.799. The van der Waals surface area contributed by atoms with Crippen LogP contribution >= 0.6 is 11.3 Å². The van der Waals surface area contributed by atoms with Crippen LogP contribution in [0, 0.1) is 5.92 Å². The van der Waals surface area contributed by atoms with Gasteiger partial charge in [0.1, 0.15) is 0 Å². The topological polar surface area (TPSA) is 12.0 Å². The summed E-state index contributed by atoms with van der Waals surface area (Å²) in [7, 11) is 0. The molecular weight excluding hydrogens is 166 g/mol. The molecular formula is C10H15NS. The standard InChI is InChI=1S/C10H15NS/c1-8-6-11-4-2-10(8)9-3-5-12-7-9/h3,5,7-8,10-11H,2,4,6H2,1H3. The van der Waals surface area contributed by atoms with Crippen LogP contribution in [0.1, 0.15) is 24.8 Å². The summed E-state index contributed by atoms with van der Waals surface area (Å²) in [6, 6.07) is 2.27. The van der Waals surface area contributed by atoms with Crippen molar-refractivity contribution < 1.29 is 0 Å². The van der Waals surface area contributed by atoms with E-state index < -0.39 is 0 Å². The largest absolute Gasteiger partial charge is 0.316 e. The highest BCUT2D eigenvalue weighted by Gasteiger charge is 2.22. The number of hydrogen-bond donors (Lipinski definition) is 1. The van der Waals surface area contributed by atoms with Crippen LogP contribution in [0.25, 0.3) is 0 Å². The molecule has 1 aromatic rings. The number of piperidine rings is 1. The Morgan fingerprint density at radius 1 is 1.58 bits per heavy atom. The predicted molar refractivity (Wildman–Crippen MR) is 53.7 cm³/mol. The second kappa shape index (κ2) is 3.58. The van der Waals surface area contributed by atoms with Crippen LogP contribution in [-0.2, 0) is 0 Å². The summed E-state index contributed by atoms with van der Waals surface area (Å²) in [4.78, 5) is 0. The first-order chi connectivity index (χ1) is 5.88. The van der Waals surface area contributed by atoms with Gasteiger partial charge in [0.05, 0.1) is 0 Å². The highest BCUT2D eigenvalue weighted by atomic mass is 32.1. The molecule has 1 nitrogen and oxygen atoms in total. The number of thiophene rings is 1. The highest BCUT2D eigenvalue weighted by molar-refractivity contribution is 7.07. The summed E-state index contributed by atoms with van der Waals surface area (Å²) >= 11 is 1.81. The van der Waals surface area contributed by atoms with Gasteiger partial charge in [0.2, 0.25) is 0 Å². The zero-order chi connectivity index (χ0) is 8.39. The van der Waals surface area contributed by atoms with Crippen molar-refractivity contribution in [2.75, 3.05) is 13.1 Å². The lowest BCUT2D eigenvalue weighted by molar-refractivity contribution is 0.350. The smallest absolute Gasteiger partial charge is 0.00173 e. The maximum atomic E-state index is 3.43. The summed E-state index contributed by atoms with van der Waals surface area (Å²) in [5, 5.41) is 7.91. The van der Waals surface area contributed by atoms with E-state index in [1.54, 1.807) is 5.56 Å². The molecule has 0 saturated carbocycles. The Bertz CT molecular complexity index is 230. The molecule has 1 aromatic heterocycles. The van der Waals surface area contributed by atoms with Crippen LogP contribution in [0.4, 0.5) is 0 Å². The van der Waals surface area contributed by atoms with Crippen molar-refractivity contribution in [1.29, 1.82) is 0 Å². The normalized spacial score (nSPS) is 30.4. The molecule has 2 atom stereocenters. The van der Waals surface area contributed by atoms with Crippen molar-refractivity contribution in [3.8, 4) is 0 Å². The Morgan fingerprint density at radius 2 is 2.50 bits per heavy atom. The summed E-state index contributed by atoms with van der Waals surface area (Å²) in [6.45, 7) is 4.71. The van der Waals surface area contributed by atoms with Crippen molar-refractivity contribution in [2.45, 2.75) is 19.3 Å². The van der Waals surface area contributed by atoms with E-state index in [-0.39, 0.29) is 0 Å². The molecule has 12 heavy (non-hydrogen) atoms. The number of nitrogens with one attached hydrogen (secondary N) is 1. The van der Waals surface area contributed by atoms with Crippen molar-refractivity contribution in [1.82, 2.24) is 5.32 Å². The summed E-state index contributed by atoms with van der Waals surface area (Å²) < 4.78 is 0. The van der Waals surface area contributed by atoms with Crippen LogP contribution in [0.15, 0.2) is 16.8 Å². The average Bonchev–Trinajstić information content (AvgIpc) is 2.57. The van der Waals surface area contributed by atoms with Gasteiger partial charge in [-0.15, -0.1) is 0 Å². The average molecular weight is 181 g/mol. The van der Waals surface area contributed by atoms with E-state index >= 15 is 0 Å². The fourth-order valence-corrected chi connectivity index (χ4v) is 2.72. The number of rotatable bonds is 1. The quantitative estimate of drug-likeness (QED) is 0.702. The fourth-order valence-electron chi connectivity index (χ4n) is 2.00. The Morgan fingerprint density at radius 3 is 3.17 bits per heavy atom. The Labute approximate surface area is 77.8 Å². The molecule has 2 heterocycles. The number of hydrogen-bond acceptors (Lipinski definition) is 2. The highest BCUT2D eigenvalue weighted by Crippen LogP contribution is 2.30. The third kappa shape index (κ3) is 1.54. The lowest BCUT2D eigenvalue weighted by Crippen LogP contribution is -2.33. The molecule has 2 rings (SSSR count). The molecule has 1 N–H and O–H groups in total. The monoisotopic (exact) mass is 181 g/mol. The summed E-state index contributed by atoms with van der Waals surface area (Å²) in [6.07, 6.45) is 1.30. The van der Waals surface area contributed by atoms with Gasteiger partial charge in [-0.3, -0.25) is 0 Å². The Kier molecular flexibility index (Phi) is 2.47. The molecule has 1 fully saturated rings. The molecule has 1 aliphatic heterocycles. The Hall–Kier alpha value is -0.340. The molecule has 2 unspecified atom stereocenters. The van der Waals surface area contributed by atoms with Gasteiger partial charge < -0.3 is 5.32 Å². The van der Waals surface area contributed by atoms with Crippen LogP contribution in [0.2, 0.25) is 0 Å². The van der Waals surface area contributed by atoms with E-state index in [0.717, 1.165) is 11.8 Å². The van der Waals surface area contributed by atoms with Crippen LogP contribution in [0.3, 0.4) is 0 Å². The first kappa shape index (κ1) is 8.27. The van der Waals surface area contributed by atoms with Crippen LogP contribution in [-0.4, -0.2) is 13.1 Å². The van der Waals surface area contributed by atoms with Crippen LogP contribution in [0.5, 0.6) is 0 Å². The molecule has 0 aromatic carbocycles. The first-order valence-electron chi connectivity index (χ1n) is 4.61. The van der Waals surface area contributed by atoms with E-state index in [0.29, 0.717) is 0 Å². The van der Waals surface area contributed by atoms with Gasteiger partial charge >= 0.3 is 0 Å². The van der Waals surface area contributed by atoms with E-state index in [9.17, 15) is 0 Å². The second-order valence-electron chi connectivity index (χ2n) is 3.63. The third-order valence-electron chi connectivity index (χ3n) is 2.76. The van der Waals surface area contributed by atoms with Crippen molar-refractivity contribution in [2.24, 2.45) is 5.92 Å². The lowest BCUT2D eigenvalue weighted by Gasteiger charge is -2.28. The fraction of sp³-hybridized carbons (Fsp3) is 0.600.